The predicted octanol–water partition coefficient (Wildman–Crippen LogP) is 1.59. The summed E-state index contributed by atoms with van der Waals surface area (Å²) >= 11 is 0. The number of hydrogen-bond donors (Lipinski definition) is 2. The second kappa shape index (κ2) is 9.01. The lowest BCUT2D eigenvalue weighted by molar-refractivity contribution is -0.131. The Morgan fingerprint density at radius 2 is 1.88 bits per heavy atom. The number of piperidine rings is 1. The number of likely N-dealkylation sites (tertiary alicyclic amines) is 1. The van der Waals surface area contributed by atoms with Crippen LogP contribution in [0.1, 0.15) is 35.4 Å². The Balaban J connectivity index is 1.56. The number of nitrogens with zero attached hydrogens (tertiary/aromatic N) is 1. The van der Waals surface area contributed by atoms with Crippen LogP contribution in [0.2, 0.25) is 0 Å². The molecule has 0 atom stereocenters. The van der Waals surface area contributed by atoms with Crippen molar-refractivity contribution in [3.8, 4) is 0 Å². The van der Waals surface area contributed by atoms with Gasteiger partial charge in [0.1, 0.15) is 0 Å². The van der Waals surface area contributed by atoms with Crippen LogP contribution in [0, 0.1) is 0 Å². The molecule has 1 aliphatic rings. The van der Waals surface area contributed by atoms with Crippen molar-refractivity contribution in [2.45, 2.75) is 31.7 Å². The van der Waals surface area contributed by atoms with Crippen LogP contribution in [-0.4, -0.2) is 43.5 Å². The van der Waals surface area contributed by atoms with Gasteiger partial charge >= 0.3 is 7.48 Å². The number of benzene rings is 2. The largest absolute Gasteiger partial charge is 0.450 e. The lowest BCUT2D eigenvalue weighted by Crippen LogP contribution is -2.38. The van der Waals surface area contributed by atoms with Crippen molar-refractivity contribution in [3.05, 3.63) is 65.2 Å². The van der Waals surface area contributed by atoms with Gasteiger partial charge in [0.2, 0.25) is 5.91 Å². The van der Waals surface area contributed by atoms with Crippen molar-refractivity contribution in [1.29, 1.82) is 0 Å². The van der Waals surface area contributed by atoms with Crippen molar-refractivity contribution in [2.75, 3.05) is 20.1 Å². The Kier molecular flexibility index (Phi) is 6.48. The van der Waals surface area contributed by atoms with E-state index in [2.05, 4.69) is 29.6 Å². The number of amides is 1. The van der Waals surface area contributed by atoms with E-state index in [0.717, 1.165) is 51.0 Å². The summed E-state index contributed by atoms with van der Waals surface area (Å²) < 4.78 is 0. The molecule has 1 amide bonds. The monoisotopic (exact) mass is 349 g/mol. The van der Waals surface area contributed by atoms with E-state index in [0.29, 0.717) is 12.3 Å². The number of hydrogen-bond acceptors (Lipinski definition) is 3. The number of rotatable bonds is 6. The van der Waals surface area contributed by atoms with Crippen molar-refractivity contribution >= 4 is 18.9 Å². The van der Waals surface area contributed by atoms with E-state index in [9.17, 15) is 4.79 Å². The van der Waals surface area contributed by atoms with Crippen LogP contribution in [0.4, 0.5) is 0 Å². The SMILES string of the molecule is CNCc1cccc(C2CCN(C(=O)Cc3cccc([B]O)c3)CC2)c1. The lowest BCUT2D eigenvalue weighted by Gasteiger charge is -2.32. The number of carbonyl (C=O) groups is 1. The van der Waals surface area contributed by atoms with E-state index < -0.39 is 0 Å². The highest BCUT2D eigenvalue weighted by Crippen LogP contribution is 2.28. The summed E-state index contributed by atoms with van der Waals surface area (Å²) in [6.07, 6.45) is 2.42. The molecule has 2 aromatic rings. The molecule has 135 valence electrons. The van der Waals surface area contributed by atoms with Crippen LogP contribution in [0.5, 0.6) is 0 Å². The summed E-state index contributed by atoms with van der Waals surface area (Å²) in [5.41, 5.74) is 4.37. The highest BCUT2D eigenvalue weighted by atomic mass is 16.2. The second-order valence-electron chi connectivity index (χ2n) is 6.98. The van der Waals surface area contributed by atoms with Gasteiger partial charge in [-0.05, 0) is 42.5 Å². The molecule has 2 aromatic carbocycles. The molecule has 0 bridgehead atoms. The first-order chi connectivity index (χ1) is 12.7. The highest BCUT2D eigenvalue weighted by molar-refractivity contribution is 6.45. The minimum atomic E-state index is 0.169. The highest BCUT2D eigenvalue weighted by Gasteiger charge is 2.24. The zero-order valence-electron chi connectivity index (χ0n) is 15.3. The summed E-state index contributed by atoms with van der Waals surface area (Å²) in [4.78, 5) is 14.6. The summed E-state index contributed by atoms with van der Waals surface area (Å²) in [6, 6.07) is 16.3. The first-order valence-electron chi connectivity index (χ1n) is 9.27. The molecule has 0 saturated carbocycles. The fraction of sp³-hybridized carbons (Fsp3) is 0.381. The van der Waals surface area contributed by atoms with Crippen LogP contribution >= 0.6 is 0 Å². The molecule has 0 unspecified atom stereocenters. The molecule has 2 N–H and O–H groups in total. The first-order valence-corrected chi connectivity index (χ1v) is 9.27. The molecule has 4 nitrogen and oxygen atoms in total. The van der Waals surface area contributed by atoms with Gasteiger partial charge in [-0.3, -0.25) is 4.79 Å². The van der Waals surface area contributed by atoms with E-state index in [-0.39, 0.29) is 5.91 Å². The molecule has 1 aliphatic heterocycles. The Hall–Kier alpha value is -2.11. The Morgan fingerprint density at radius 1 is 1.15 bits per heavy atom. The molecule has 0 aromatic heterocycles. The molecule has 1 fully saturated rings. The topological polar surface area (TPSA) is 52.6 Å². The molecule has 1 saturated heterocycles. The maximum Gasteiger partial charge on any atom is 0.326 e. The maximum atomic E-state index is 12.6. The van der Waals surface area contributed by atoms with E-state index >= 15 is 0 Å². The van der Waals surface area contributed by atoms with Gasteiger partial charge in [0.05, 0.1) is 6.42 Å². The van der Waals surface area contributed by atoms with Crippen LogP contribution in [0.25, 0.3) is 0 Å². The first kappa shape index (κ1) is 18.7. The minimum Gasteiger partial charge on any atom is -0.450 e. The molecule has 1 radical (unpaired) electrons. The molecule has 5 heteroatoms. The Morgan fingerprint density at radius 3 is 2.62 bits per heavy atom. The van der Waals surface area contributed by atoms with Gasteiger partial charge in [0, 0.05) is 19.6 Å². The van der Waals surface area contributed by atoms with Crippen LogP contribution in [0.15, 0.2) is 48.5 Å². The predicted molar refractivity (Wildman–Crippen MR) is 106 cm³/mol. The van der Waals surface area contributed by atoms with Crippen LogP contribution in [0.3, 0.4) is 0 Å². The van der Waals surface area contributed by atoms with Crippen LogP contribution < -0.4 is 10.8 Å². The smallest absolute Gasteiger partial charge is 0.326 e. The molecule has 1 heterocycles. The van der Waals surface area contributed by atoms with Crippen molar-refractivity contribution in [3.63, 3.8) is 0 Å². The van der Waals surface area contributed by atoms with Gasteiger partial charge in [-0.15, -0.1) is 0 Å². The van der Waals surface area contributed by atoms with E-state index in [1.807, 2.05) is 36.2 Å². The van der Waals surface area contributed by atoms with E-state index in [1.165, 1.54) is 11.1 Å². The molecule has 0 aliphatic carbocycles. The fourth-order valence-electron chi connectivity index (χ4n) is 3.69. The van der Waals surface area contributed by atoms with Crippen molar-refractivity contribution in [1.82, 2.24) is 10.2 Å². The van der Waals surface area contributed by atoms with E-state index in [1.54, 1.807) is 0 Å². The van der Waals surface area contributed by atoms with Gasteiger partial charge in [0.25, 0.3) is 0 Å². The molecule has 26 heavy (non-hydrogen) atoms. The van der Waals surface area contributed by atoms with E-state index in [4.69, 9.17) is 5.02 Å². The van der Waals surface area contributed by atoms with Crippen molar-refractivity contribution < 1.29 is 9.82 Å². The molecular weight excluding hydrogens is 323 g/mol. The third-order valence-corrected chi connectivity index (χ3v) is 5.11. The third-order valence-electron chi connectivity index (χ3n) is 5.11. The quantitative estimate of drug-likeness (QED) is 0.779. The average Bonchev–Trinajstić information content (AvgIpc) is 2.69. The molecule has 3 rings (SSSR count). The van der Waals surface area contributed by atoms with Crippen molar-refractivity contribution in [2.24, 2.45) is 0 Å². The average molecular weight is 349 g/mol. The lowest BCUT2D eigenvalue weighted by atomic mass is 9.87. The fourth-order valence-corrected chi connectivity index (χ4v) is 3.69. The normalized spacial score (nSPS) is 15.1. The maximum absolute atomic E-state index is 12.6. The summed E-state index contributed by atoms with van der Waals surface area (Å²) in [7, 11) is 3.03. The molecule has 0 spiro atoms. The summed E-state index contributed by atoms with van der Waals surface area (Å²) in [5, 5.41) is 12.3. The zero-order valence-corrected chi connectivity index (χ0v) is 15.3. The zero-order chi connectivity index (χ0) is 18.4. The Bertz CT molecular complexity index is 742. The van der Waals surface area contributed by atoms with Gasteiger partial charge < -0.3 is 15.2 Å². The second-order valence-corrected chi connectivity index (χ2v) is 6.98. The van der Waals surface area contributed by atoms with Gasteiger partial charge in [-0.1, -0.05) is 54.0 Å². The summed E-state index contributed by atoms with van der Waals surface area (Å²) in [6.45, 7) is 2.51. The Labute approximate surface area is 156 Å². The van der Waals surface area contributed by atoms with Gasteiger partial charge in [0.15, 0.2) is 0 Å². The summed E-state index contributed by atoms with van der Waals surface area (Å²) in [5.74, 6) is 0.700. The van der Waals surface area contributed by atoms with Gasteiger partial charge in [-0.2, -0.15) is 0 Å². The number of nitrogens with one attached hydrogen (secondary N) is 1. The standard InChI is InChI=1S/C21H26BN2O2/c1-23-15-17-5-2-6-19(12-17)18-8-10-24(11-9-18)21(25)14-16-4-3-7-20(13-16)22-26/h2-7,12-13,18,23,26H,8-11,14-15H2,1H3. The van der Waals surface area contributed by atoms with Crippen LogP contribution in [-0.2, 0) is 17.8 Å². The minimum absolute atomic E-state index is 0.169. The van der Waals surface area contributed by atoms with Gasteiger partial charge in [-0.25, -0.2) is 0 Å². The number of carbonyl (C=O) groups excluding carboxylic acids is 1. The third kappa shape index (κ3) is 4.74. The molecular formula is C21H26BN2O2.